The molecule has 9 rings (SSSR count). The first kappa shape index (κ1) is 24.5. The molecule has 3 aromatic heterocycles. The minimum atomic E-state index is 0.577. The molecule has 5 nitrogen and oxygen atoms in total. The van der Waals surface area contributed by atoms with Crippen LogP contribution < -0.4 is 0 Å². The summed E-state index contributed by atoms with van der Waals surface area (Å²) in [7, 11) is 0. The third kappa shape index (κ3) is 3.83. The SMILES string of the molecule is c1ccc(-c2nc(-c3ccc4oc5cccc(-c6ccccc6)c5c4c3)nc(-n3c4ccccc4c4ccccc43)n2)cc1. The smallest absolute Gasteiger partial charge is 0.238 e. The normalized spacial score (nSPS) is 11.6. The molecule has 0 unspecified atom stereocenters. The molecule has 206 valence electrons. The highest BCUT2D eigenvalue weighted by Crippen LogP contribution is 2.38. The van der Waals surface area contributed by atoms with E-state index in [2.05, 4.69) is 89.5 Å². The summed E-state index contributed by atoms with van der Waals surface area (Å²) >= 11 is 0. The molecule has 9 aromatic rings. The molecule has 0 atom stereocenters. The maximum Gasteiger partial charge on any atom is 0.238 e. The van der Waals surface area contributed by atoms with Gasteiger partial charge in [-0.1, -0.05) is 109 Å². The summed E-state index contributed by atoms with van der Waals surface area (Å²) in [4.78, 5) is 15.2. The zero-order chi connectivity index (χ0) is 29.0. The van der Waals surface area contributed by atoms with Gasteiger partial charge in [0, 0.05) is 32.7 Å². The van der Waals surface area contributed by atoms with Crippen LogP contribution in [0, 0.1) is 0 Å². The van der Waals surface area contributed by atoms with Gasteiger partial charge in [0.05, 0.1) is 11.0 Å². The van der Waals surface area contributed by atoms with Crippen LogP contribution in [0.3, 0.4) is 0 Å². The summed E-state index contributed by atoms with van der Waals surface area (Å²) < 4.78 is 8.46. The Kier molecular flexibility index (Phi) is 5.43. The third-order valence-electron chi connectivity index (χ3n) is 8.27. The summed E-state index contributed by atoms with van der Waals surface area (Å²) in [5.41, 5.74) is 7.88. The minimum absolute atomic E-state index is 0.577. The van der Waals surface area contributed by atoms with E-state index in [4.69, 9.17) is 19.4 Å². The van der Waals surface area contributed by atoms with E-state index in [0.717, 1.165) is 66.0 Å². The maximum absolute atomic E-state index is 6.32. The van der Waals surface area contributed by atoms with Gasteiger partial charge in [-0.2, -0.15) is 9.97 Å². The first-order valence-electron chi connectivity index (χ1n) is 14.6. The lowest BCUT2D eigenvalue weighted by atomic mass is 9.99. The summed E-state index contributed by atoms with van der Waals surface area (Å²) in [5.74, 6) is 1.80. The van der Waals surface area contributed by atoms with Crippen LogP contribution in [0.1, 0.15) is 0 Å². The number of aromatic nitrogens is 4. The van der Waals surface area contributed by atoms with Crippen molar-refractivity contribution in [3.8, 4) is 39.9 Å². The van der Waals surface area contributed by atoms with Crippen molar-refractivity contribution in [2.75, 3.05) is 0 Å². The van der Waals surface area contributed by atoms with E-state index in [9.17, 15) is 0 Å². The van der Waals surface area contributed by atoms with E-state index < -0.39 is 0 Å². The van der Waals surface area contributed by atoms with Crippen molar-refractivity contribution in [3.05, 3.63) is 146 Å². The molecule has 0 saturated carbocycles. The van der Waals surface area contributed by atoms with Crippen molar-refractivity contribution < 1.29 is 4.42 Å². The summed E-state index contributed by atoms with van der Waals surface area (Å²) in [6, 6.07) is 49.7. The van der Waals surface area contributed by atoms with Crippen molar-refractivity contribution in [1.82, 2.24) is 19.5 Å². The summed E-state index contributed by atoms with van der Waals surface area (Å²) in [6.07, 6.45) is 0. The van der Waals surface area contributed by atoms with Gasteiger partial charge in [0.15, 0.2) is 11.6 Å². The molecule has 0 fully saturated rings. The monoisotopic (exact) mass is 564 g/mol. The van der Waals surface area contributed by atoms with Gasteiger partial charge in [0.2, 0.25) is 5.95 Å². The number of benzene rings is 6. The fraction of sp³-hybridized carbons (Fsp3) is 0. The predicted octanol–water partition coefficient (Wildman–Crippen LogP) is 9.87. The standard InChI is InChI=1S/C39H24N4O/c1-3-12-25(13-4-1)28-18-11-21-35-36(28)31-24-27(22-23-34(31)44-35)38-40-37(26-14-5-2-6-15-26)41-39(42-38)43-32-19-9-7-16-29(32)30-17-8-10-20-33(30)43/h1-24H. The summed E-state index contributed by atoms with van der Waals surface area (Å²) in [5, 5.41) is 4.42. The van der Waals surface area contributed by atoms with Crippen molar-refractivity contribution in [1.29, 1.82) is 0 Å². The third-order valence-corrected chi connectivity index (χ3v) is 8.27. The maximum atomic E-state index is 6.32. The second-order valence-corrected chi connectivity index (χ2v) is 10.9. The van der Waals surface area contributed by atoms with Crippen LogP contribution in [0.2, 0.25) is 0 Å². The van der Waals surface area contributed by atoms with Crippen molar-refractivity contribution >= 4 is 43.7 Å². The fourth-order valence-corrected chi connectivity index (χ4v) is 6.27. The number of hydrogen-bond donors (Lipinski definition) is 0. The molecule has 0 radical (unpaired) electrons. The lowest BCUT2D eigenvalue weighted by molar-refractivity contribution is 0.669. The molecule has 0 spiro atoms. The first-order valence-corrected chi connectivity index (χ1v) is 14.6. The van der Waals surface area contributed by atoms with Crippen LogP contribution in [-0.4, -0.2) is 19.5 Å². The number of rotatable bonds is 4. The molecule has 44 heavy (non-hydrogen) atoms. The first-order chi connectivity index (χ1) is 21.8. The average molecular weight is 565 g/mol. The Morgan fingerprint density at radius 2 is 1.05 bits per heavy atom. The largest absolute Gasteiger partial charge is 0.456 e. The minimum Gasteiger partial charge on any atom is -0.456 e. The van der Waals surface area contributed by atoms with Crippen molar-refractivity contribution in [2.45, 2.75) is 0 Å². The highest BCUT2D eigenvalue weighted by molar-refractivity contribution is 6.13. The molecule has 0 aliphatic carbocycles. The van der Waals surface area contributed by atoms with Crippen LogP contribution in [0.15, 0.2) is 150 Å². The van der Waals surface area contributed by atoms with E-state index in [-0.39, 0.29) is 0 Å². The zero-order valence-corrected chi connectivity index (χ0v) is 23.6. The van der Waals surface area contributed by atoms with E-state index in [1.54, 1.807) is 0 Å². The Morgan fingerprint density at radius 3 is 1.75 bits per heavy atom. The van der Waals surface area contributed by atoms with Gasteiger partial charge in [-0.05, 0) is 47.5 Å². The molecule has 0 saturated heterocycles. The second kappa shape index (κ2) is 9.75. The Balaban J connectivity index is 1.32. The van der Waals surface area contributed by atoms with E-state index in [1.807, 2.05) is 60.7 Å². The number of furan rings is 1. The van der Waals surface area contributed by atoms with Gasteiger partial charge in [-0.25, -0.2) is 4.98 Å². The Hall–Kier alpha value is -6.07. The highest BCUT2D eigenvalue weighted by Gasteiger charge is 2.19. The molecular formula is C39H24N4O. The second-order valence-electron chi connectivity index (χ2n) is 10.9. The fourth-order valence-electron chi connectivity index (χ4n) is 6.27. The van der Waals surface area contributed by atoms with Gasteiger partial charge in [0.1, 0.15) is 11.2 Å². The van der Waals surface area contributed by atoms with Crippen LogP contribution in [0.5, 0.6) is 0 Å². The zero-order valence-electron chi connectivity index (χ0n) is 23.6. The molecule has 0 N–H and O–H groups in total. The molecule has 0 aliphatic heterocycles. The van der Waals surface area contributed by atoms with Crippen LogP contribution in [-0.2, 0) is 0 Å². The van der Waals surface area contributed by atoms with Crippen LogP contribution in [0.25, 0.3) is 83.6 Å². The number of hydrogen-bond acceptors (Lipinski definition) is 4. The quantitative estimate of drug-likeness (QED) is 0.213. The van der Waals surface area contributed by atoms with Crippen molar-refractivity contribution in [2.24, 2.45) is 0 Å². The molecular weight excluding hydrogens is 540 g/mol. The topological polar surface area (TPSA) is 56.7 Å². The van der Waals surface area contributed by atoms with Gasteiger partial charge >= 0.3 is 0 Å². The molecule has 5 heteroatoms. The molecule has 0 amide bonds. The average Bonchev–Trinajstić information content (AvgIpc) is 3.64. The lowest BCUT2D eigenvalue weighted by Crippen LogP contribution is -2.06. The van der Waals surface area contributed by atoms with Gasteiger partial charge in [-0.3, -0.25) is 4.57 Å². The van der Waals surface area contributed by atoms with E-state index >= 15 is 0 Å². The molecule has 0 bridgehead atoms. The Morgan fingerprint density at radius 1 is 0.432 bits per heavy atom. The Labute approximate surface area is 252 Å². The summed E-state index contributed by atoms with van der Waals surface area (Å²) in [6.45, 7) is 0. The lowest BCUT2D eigenvalue weighted by Gasteiger charge is -2.11. The molecule has 0 aliphatic rings. The molecule has 3 heterocycles. The number of fused-ring (bicyclic) bond motifs is 6. The number of para-hydroxylation sites is 2. The van der Waals surface area contributed by atoms with Gasteiger partial charge in [-0.15, -0.1) is 0 Å². The van der Waals surface area contributed by atoms with E-state index in [1.165, 1.54) is 0 Å². The van der Waals surface area contributed by atoms with Crippen LogP contribution in [0.4, 0.5) is 0 Å². The molecule has 6 aromatic carbocycles. The van der Waals surface area contributed by atoms with Gasteiger partial charge in [0.25, 0.3) is 0 Å². The number of nitrogens with zero attached hydrogens (tertiary/aromatic N) is 4. The van der Waals surface area contributed by atoms with Crippen LogP contribution >= 0.6 is 0 Å². The highest BCUT2D eigenvalue weighted by atomic mass is 16.3. The van der Waals surface area contributed by atoms with Crippen molar-refractivity contribution in [3.63, 3.8) is 0 Å². The predicted molar refractivity (Wildman–Crippen MR) is 178 cm³/mol. The Bertz CT molecular complexity index is 2440. The van der Waals surface area contributed by atoms with E-state index in [0.29, 0.717) is 17.6 Å². The van der Waals surface area contributed by atoms with Gasteiger partial charge < -0.3 is 4.42 Å².